The summed E-state index contributed by atoms with van der Waals surface area (Å²) in [6.07, 6.45) is 0.657. The Labute approximate surface area is 107 Å². The topological polar surface area (TPSA) is 79.3 Å². The highest BCUT2D eigenvalue weighted by Crippen LogP contribution is 2.19. The predicted octanol–water partition coefficient (Wildman–Crippen LogP) is 0.780. The molecule has 3 N–H and O–H groups in total. The summed E-state index contributed by atoms with van der Waals surface area (Å²) in [7, 11) is 0. The molecule has 0 amide bonds. The Hall–Kier alpha value is -1.40. The lowest BCUT2D eigenvalue weighted by atomic mass is 10.0. The van der Waals surface area contributed by atoms with E-state index in [1.54, 1.807) is 0 Å². The first kappa shape index (κ1) is 13.0. The van der Waals surface area contributed by atoms with E-state index in [-0.39, 0.29) is 0 Å². The maximum Gasteiger partial charge on any atom is 0.131 e. The molecule has 0 spiro atoms. The average Bonchev–Trinajstić information content (AvgIpc) is 2.74. The van der Waals surface area contributed by atoms with Crippen LogP contribution < -0.4 is 10.6 Å². The molecule has 18 heavy (non-hydrogen) atoms. The number of aromatic nitrogens is 2. The van der Waals surface area contributed by atoms with E-state index >= 15 is 0 Å². The van der Waals surface area contributed by atoms with Crippen molar-refractivity contribution in [2.45, 2.75) is 25.9 Å². The number of rotatable bonds is 5. The zero-order valence-corrected chi connectivity index (χ0v) is 10.9. The molecular weight excluding hydrogens is 232 g/mol. The van der Waals surface area contributed by atoms with Crippen LogP contribution in [0.3, 0.4) is 0 Å². The van der Waals surface area contributed by atoms with Crippen molar-refractivity contribution >= 4 is 11.6 Å². The van der Waals surface area contributed by atoms with Crippen LogP contribution in [0.1, 0.15) is 19.2 Å². The highest BCUT2D eigenvalue weighted by atomic mass is 16.5. The number of nitrogens with zero attached hydrogens (tertiary/aromatic N) is 2. The first-order chi connectivity index (χ1) is 8.61. The fourth-order valence-electron chi connectivity index (χ4n) is 1.92. The predicted molar refractivity (Wildman–Crippen MR) is 69.8 cm³/mol. The van der Waals surface area contributed by atoms with E-state index in [4.69, 9.17) is 4.74 Å². The minimum Gasteiger partial charge on any atom is -0.386 e. The van der Waals surface area contributed by atoms with Gasteiger partial charge < -0.3 is 20.5 Å². The van der Waals surface area contributed by atoms with Gasteiger partial charge in [-0.3, -0.25) is 0 Å². The van der Waals surface area contributed by atoms with Crippen molar-refractivity contribution in [3.63, 3.8) is 0 Å². The molecule has 0 bridgehead atoms. The highest BCUT2D eigenvalue weighted by Gasteiger charge is 2.32. The zero-order valence-electron chi connectivity index (χ0n) is 10.9. The normalized spacial score (nSPS) is 23.1. The van der Waals surface area contributed by atoms with Crippen molar-refractivity contribution in [2.75, 3.05) is 36.9 Å². The lowest BCUT2D eigenvalue weighted by molar-refractivity contribution is 0.0381. The van der Waals surface area contributed by atoms with E-state index in [0.717, 1.165) is 18.2 Å². The van der Waals surface area contributed by atoms with Gasteiger partial charge >= 0.3 is 0 Å². The van der Waals surface area contributed by atoms with Gasteiger partial charge in [0.05, 0.1) is 6.61 Å². The van der Waals surface area contributed by atoms with Crippen molar-refractivity contribution in [1.82, 2.24) is 9.97 Å². The van der Waals surface area contributed by atoms with Crippen molar-refractivity contribution in [2.24, 2.45) is 0 Å². The third kappa shape index (κ3) is 3.30. The molecule has 0 saturated carbocycles. The molecular formula is C12H20N4O2. The first-order valence-electron chi connectivity index (χ1n) is 6.25. The van der Waals surface area contributed by atoms with Crippen LogP contribution in [0.2, 0.25) is 0 Å². The van der Waals surface area contributed by atoms with Gasteiger partial charge in [-0.05, 0) is 13.8 Å². The molecule has 0 aromatic carbocycles. The number of anilines is 2. The lowest BCUT2D eigenvalue weighted by Gasteiger charge is -2.21. The second kappa shape index (κ2) is 5.49. The van der Waals surface area contributed by atoms with Crippen LogP contribution in [0.15, 0.2) is 6.07 Å². The zero-order chi connectivity index (χ0) is 13.0. The average molecular weight is 252 g/mol. The SMILES string of the molecule is CCNc1cc(NCC2(O)CCOC2)nc(C)n1. The van der Waals surface area contributed by atoms with Crippen LogP contribution >= 0.6 is 0 Å². The molecule has 1 fully saturated rings. The van der Waals surface area contributed by atoms with Gasteiger partial charge in [0.1, 0.15) is 23.1 Å². The summed E-state index contributed by atoms with van der Waals surface area (Å²) in [5.41, 5.74) is -0.781. The molecule has 1 aromatic heterocycles. The van der Waals surface area contributed by atoms with Crippen LogP contribution in [0.25, 0.3) is 0 Å². The number of hydrogen-bond acceptors (Lipinski definition) is 6. The van der Waals surface area contributed by atoms with E-state index in [1.807, 2.05) is 19.9 Å². The molecule has 0 aliphatic carbocycles. The molecule has 1 atom stereocenters. The summed E-state index contributed by atoms with van der Waals surface area (Å²) in [6.45, 7) is 6.11. The molecule has 1 aromatic rings. The Kier molecular flexibility index (Phi) is 3.98. The van der Waals surface area contributed by atoms with E-state index < -0.39 is 5.60 Å². The molecule has 1 saturated heterocycles. The Bertz CT molecular complexity index is 405. The molecule has 2 heterocycles. The maximum atomic E-state index is 10.1. The van der Waals surface area contributed by atoms with Gasteiger partial charge in [-0.1, -0.05) is 0 Å². The van der Waals surface area contributed by atoms with E-state index in [9.17, 15) is 5.11 Å². The van der Waals surface area contributed by atoms with Crippen LogP contribution in [-0.2, 0) is 4.74 Å². The summed E-state index contributed by atoms with van der Waals surface area (Å²) in [4.78, 5) is 8.57. The molecule has 0 radical (unpaired) electrons. The van der Waals surface area contributed by atoms with Gasteiger partial charge in [0.2, 0.25) is 0 Å². The Morgan fingerprint density at radius 3 is 2.72 bits per heavy atom. The number of hydrogen-bond donors (Lipinski definition) is 3. The standard InChI is InChI=1S/C12H20N4O2/c1-3-13-10-6-11(16-9(2)15-10)14-7-12(17)4-5-18-8-12/h6,17H,3-5,7-8H2,1-2H3,(H2,13,14,15,16). The number of ether oxygens (including phenoxy) is 1. The fraction of sp³-hybridized carbons (Fsp3) is 0.667. The minimum absolute atomic E-state index is 0.379. The molecule has 1 aliphatic rings. The summed E-state index contributed by atoms with van der Waals surface area (Å²) < 4.78 is 5.20. The molecule has 2 rings (SSSR count). The maximum absolute atomic E-state index is 10.1. The summed E-state index contributed by atoms with van der Waals surface area (Å²) in [6, 6.07) is 1.84. The third-order valence-electron chi connectivity index (χ3n) is 2.88. The van der Waals surface area contributed by atoms with E-state index in [2.05, 4.69) is 20.6 Å². The van der Waals surface area contributed by atoms with Crippen LogP contribution in [0.5, 0.6) is 0 Å². The van der Waals surface area contributed by atoms with Crippen molar-refractivity contribution in [3.8, 4) is 0 Å². The van der Waals surface area contributed by atoms with Crippen LogP contribution in [0, 0.1) is 6.92 Å². The fourth-order valence-corrected chi connectivity index (χ4v) is 1.92. The second-order valence-corrected chi connectivity index (χ2v) is 4.60. The van der Waals surface area contributed by atoms with Crippen LogP contribution in [0.4, 0.5) is 11.6 Å². The lowest BCUT2D eigenvalue weighted by Crippen LogP contribution is -2.37. The Morgan fingerprint density at radius 2 is 2.11 bits per heavy atom. The molecule has 6 heteroatoms. The number of nitrogens with one attached hydrogen (secondary N) is 2. The smallest absolute Gasteiger partial charge is 0.131 e. The van der Waals surface area contributed by atoms with Gasteiger partial charge in [0, 0.05) is 32.2 Å². The molecule has 100 valence electrons. The number of aryl methyl sites for hydroxylation is 1. The van der Waals surface area contributed by atoms with Gasteiger partial charge in [0.15, 0.2) is 0 Å². The second-order valence-electron chi connectivity index (χ2n) is 4.60. The Morgan fingerprint density at radius 1 is 1.39 bits per heavy atom. The summed E-state index contributed by atoms with van der Waals surface area (Å²) in [5.74, 6) is 2.21. The monoisotopic (exact) mass is 252 g/mol. The molecule has 6 nitrogen and oxygen atoms in total. The van der Waals surface area contributed by atoms with Gasteiger partial charge in [-0.15, -0.1) is 0 Å². The van der Waals surface area contributed by atoms with E-state index in [1.165, 1.54) is 0 Å². The Balaban J connectivity index is 2.00. The van der Waals surface area contributed by atoms with Gasteiger partial charge in [0.25, 0.3) is 0 Å². The minimum atomic E-state index is -0.781. The molecule has 1 unspecified atom stereocenters. The van der Waals surface area contributed by atoms with Crippen molar-refractivity contribution in [1.29, 1.82) is 0 Å². The number of aliphatic hydroxyl groups is 1. The quantitative estimate of drug-likeness (QED) is 0.718. The molecule has 1 aliphatic heterocycles. The highest BCUT2D eigenvalue weighted by molar-refractivity contribution is 5.47. The van der Waals surface area contributed by atoms with Gasteiger partial charge in [-0.25, -0.2) is 9.97 Å². The summed E-state index contributed by atoms with van der Waals surface area (Å²) >= 11 is 0. The van der Waals surface area contributed by atoms with Crippen molar-refractivity contribution in [3.05, 3.63) is 11.9 Å². The van der Waals surface area contributed by atoms with Gasteiger partial charge in [-0.2, -0.15) is 0 Å². The third-order valence-corrected chi connectivity index (χ3v) is 2.88. The largest absolute Gasteiger partial charge is 0.386 e. The van der Waals surface area contributed by atoms with Crippen molar-refractivity contribution < 1.29 is 9.84 Å². The summed E-state index contributed by atoms with van der Waals surface area (Å²) in [5, 5.41) is 16.4. The first-order valence-corrected chi connectivity index (χ1v) is 6.25. The van der Waals surface area contributed by atoms with E-state index in [0.29, 0.717) is 32.0 Å². The van der Waals surface area contributed by atoms with Crippen LogP contribution in [-0.4, -0.2) is 47.0 Å².